The van der Waals surface area contributed by atoms with Crippen LogP contribution < -0.4 is 0 Å². The van der Waals surface area contributed by atoms with E-state index in [1.165, 1.54) is 6.07 Å². The molecule has 0 bridgehead atoms. The van der Waals surface area contributed by atoms with Gasteiger partial charge < -0.3 is 5.11 Å². The largest absolute Gasteiger partial charge is 0.507 e. The van der Waals surface area contributed by atoms with E-state index < -0.39 is 0 Å². The Bertz CT molecular complexity index is 816. The third-order valence-electron chi connectivity index (χ3n) is 4.56. The SMILES string of the molecule is CC(C)(C)c1ccc(C(=O)CC(=O)c2cc(C(C)(C)C)ccc2O)cc1. The van der Waals surface area contributed by atoms with E-state index in [0.717, 1.165) is 11.1 Å². The van der Waals surface area contributed by atoms with Gasteiger partial charge in [-0.05, 0) is 34.1 Å². The van der Waals surface area contributed by atoms with E-state index in [1.54, 1.807) is 24.3 Å². The number of Topliss-reactive ketones (excluding diaryl/α,β-unsaturated/α-hetero) is 2. The number of carbonyl (C=O) groups excluding carboxylic acids is 2. The lowest BCUT2D eigenvalue weighted by Crippen LogP contribution is -2.14. The van der Waals surface area contributed by atoms with Gasteiger partial charge in [0.1, 0.15) is 5.75 Å². The summed E-state index contributed by atoms with van der Waals surface area (Å²) in [5.41, 5.74) is 2.66. The molecule has 0 fully saturated rings. The molecule has 0 aliphatic carbocycles. The summed E-state index contributed by atoms with van der Waals surface area (Å²) < 4.78 is 0. The van der Waals surface area contributed by atoms with Crippen molar-refractivity contribution < 1.29 is 14.7 Å². The molecule has 0 saturated heterocycles. The van der Waals surface area contributed by atoms with E-state index in [2.05, 4.69) is 20.8 Å². The van der Waals surface area contributed by atoms with Gasteiger partial charge in [-0.3, -0.25) is 9.59 Å². The van der Waals surface area contributed by atoms with Crippen LogP contribution in [0.1, 0.15) is 79.8 Å². The molecule has 2 rings (SSSR count). The van der Waals surface area contributed by atoms with E-state index in [9.17, 15) is 14.7 Å². The zero-order chi connectivity index (χ0) is 19.7. The van der Waals surface area contributed by atoms with Gasteiger partial charge in [-0.25, -0.2) is 0 Å². The Morgan fingerprint density at radius 2 is 1.27 bits per heavy atom. The Labute approximate surface area is 156 Å². The third kappa shape index (κ3) is 4.60. The first-order valence-corrected chi connectivity index (χ1v) is 8.90. The number of aromatic hydroxyl groups is 1. The molecule has 0 heterocycles. The first-order chi connectivity index (χ1) is 11.9. The molecule has 0 aromatic heterocycles. The number of ketones is 2. The number of hydrogen-bond donors (Lipinski definition) is 1. The molecule has 0 amide bonds. The van der Waals surface area contributed by atoms with Crippen molar-refractivity contribution in [2.75, 3.05) is 0 Å². The van der Waals surface area contributed by atoms with Gasteiger partial charge in [-0.2, -0.15) is 0 Å². The molecule has 1 N–H and O–H groups in total. The topological polar surface area (TPSA) is 54.4 Å². The van der Waals surface area contributed by atoms with Gasteiger partial charge in [0, 0.05) is 5.56 Å². The standard InChI is InChI=1S/C23H28O3/c1-22(2,3)16-9-7-15(8-10-16)20(25)14-21(26)18-13-17(23(4,5)6)11-12-19(18)24/h7-13,24H,14H2,1-6H3. The van der Waals surface area contributed by atoms with Crippen LogP contribution >= 0.6 is 0 Å². The van der Waals surface area contributed by atoms with E-state index in [1.807, 2.05) is 32.9 Å². The fraction of sp³-hybridized carbons (Fsp3) is 0.391. The van der Waals surface area contributed by atoms with Crippen LogP contribution in [-0.2, 0) is 10.8 Å². The minimum absolute atomic E-state index is 0.0105. The summed E-state index contributed by atoms with van der Waals surface area (Å²) in [7, 11) is 0. The molecule has 2 aromatic carbocycles. The molecule has 3 heteroatoms. The molecule has 0 aliphatic heterocycles. The Hall–Kier alpha value is -2.42. The summed E-state index contributed by atoms with van der Waals surface area (Å²) >= 11 is 0. The Morgan fingerprint density at radius 3 is 1.77 bits per heavy atom. The minimum atomic E-state index is -0.363. The van der Waals surface area contributed by atoms with Crippen LogP contribution in [0.25, 0.3) is 0 Å². The monoisotopic (exact) mass is 352 g/mol. The molecule has 138 valence electrons. The van der Waals surface area contributed by atoms with Crippen molar-refractivity contribution in [3.8, 4) is 5.75 Å². The maximum Gasteiger partial charge on any atom is 0.174 e. The quantitative estimate of drug-likeness (QED) is 0.588. The van der Waals surface area contributed by atoms with Crippen LogP contribution in [-0.4, -0.2) is 16.7 Å². The number of benzene rings is 2. The fourth-order valence-electron chi connectivity index (χ4n) is 2.73. The van der Waals surface area contributed by atoms with Crippen molar-refractivity contribution >= 4 is 11.6 Å². The molecule has 0 spiro atoms. The molecule has 0 atom stereocenters. The Kier molecular flexibility index (Phi) is 5.41. The zero-order valence-electron chi connectivity index (χ0n) is 16.5. The highest BCUT2D eigenvalue weighted by Crippen LogP contribution is 2.28. The van der Waals surface area contributed by atoms with Gasteiger partial charge in [0.15, 0.2) is 11.6 Å². The average Bonchev–Trinajstić information content (AvgIpc) is 2.53. The minimum Gasteiger partial charge on any atom is -0.507 e. The van der Waals surface area contributed by atoms with E-state index in [4.69, 9.17) is 0 Å². The summed E-state index contributed by atoms with van der Waals surface area (Å²) in [6.07, 6.45) is -0.254. The maximum atomic E-state index is 12.6. The average molecular weight is 352 g/mol. The predicted molar refractivity (Wildman–Crippen MR) is 105 cm³/mol. The number of phenolic OH excluding ortho intramolecular Hbond substituents is 1. The van der Waals surface area contributed by atoms with Crippen molar-refractivity contribution in [1.29, 1.82) is 0 Å². The molecule has 26 heavy (non-hydrogen) atoms. The lowest BCUT2D eigenvalue weighted by molar-refractivity contribution is 0.0893. The second kappa shape index (κ2) is 7.06. The van der Waals surface area contributed by atoms with Crippen LogP contribution in [0.5, 0.6) is 5.75 Å². The molecule has 0 unspecified atom stereocenters. The first-order valence-electron chi connectivity index (χ1n) is 8.90. The second-order valence-corrected chi connectivity index (χ2v) is 8.83. The van der Waals surface area contributed by atoms with Gasteiger partial charge in [0.05, 0.1) is 12.0 Å². The zero-order valence-corrected chi connectivity index (χ0v) is 16.5. The summed E-state index contributed by atoms with van der Waals surface area (Å²) in [5.74, 6) is -0.687. The molecule has 3 nitrogen and oxygen atoms in total. The Balaban J connectivity index is 2.21. The number of carbonyl (C=O) groups is 2. The molecular weight excluding hydrogens is 324 g/mol. The summed E-state index contributed by atoms with van der Waals surface area (Å²) in [6.45, 7) is 12.4. The van der Waals surface area contributed by atoms with Crippen LogP contribution in [0.3, 0.4) is 0 Å². The first kappa shape index (κ1) is 19.9. The lowest BCUT2D eigenvalue weighted by Gasteiger charge is -2.20. The van der Waals surface area contributed by atoms with Gasteiger partial charge in [0.2, 0.25) is 0 Å². The summed E-state index contributed by atoms with van der Waals surface area (Å²) in [6, 6.07) is 12.4. The van der Waals surface area contributed by atoms with Crippen molar-refractivity contribution in [3.05, 3.63) is 64.7 Å². The highest BCUT2D eigenvalue weighted by Gasteiger charge is 2.21. The van der Waals surface area contributed by atoms with Crippen LogP contribution in [0.2, 0.25) is 0 Å². The summed E-state index contributed by atoms with van der Waals surface area (Å²) in [5, 5.41) is 10.0. The second-order valence-electron chi connectivity index (χ2n) is 8.83. The van der Waals surface area contributed by atoms with Gasteiger partial charge in [0.25, 0.3) is 0 Å². The van der Waals surface area contributed by atoms with Crippen LogP contribution in [0, 0.1) is 0 Å². The van der Waals surface area contributed by atoms with Gasteiger partial charge >= 0.3 is 0 Å². The van der Waals surface area contributed by atoms with Crippen molar-refractivity contribution in [3.63, 3.8) is 0 Å². The molecule has 0 saturated carbocycles. The van der Waals surface area contributed by atoms with E-state index in [-0.39, 0.29) is 40.1 Å². The van der Waals surface area contributed by atoms with Crippen LogP contribution in [0.15, 0.2) is 42.5 Å². The number of rotatable bonds is 4. The van der Waals surface area contributed by atoms with Gasteiger partial charge in [-0.15, -0.1) is 0 Å². The van der Waals surface area contributed by atoms with Crippen LogP contribution in [0.4, 0.5) is 0 Å². The highest BCUT2D eigenvalue weighted by atomic mass is 16.3. The Morgan fingerprint density at radius 1 is 0.769 bits per heavy atom. The molecule has 0 aliphatic rings. The molecular formula is C23H28O3. The number of phenols is 1. The third-order valence-corrected chi connectivity index (χ3v) is 4.56. The maximum absolute atomic E-state index is 12.6. The molecule has 0 radical (unpaired) electrons. The fourth-order valence-corrected chi connectivity index (χ4v) is 2.73. The highest BCUT2D eigenvalue weighted by molar-refractivity contribution is 6.14. The summed E-state index contributed by atoms with van der Waals surface area (Å²) in [4.78, 5) is 25.1. The van der Waals surface area contributed by atoms with E-state index >= 15 is 0 Å². The van der Waals surface area contributed by atoms with E-state index in [0.29, 0.717) is 5.56 Å². The lowest BCUT2D eigenvalue weighted by atomic mass is 9.85. The number of hydrogen-bond acceptors (Lipinski definition) is 3. The van der Waals surface area contributed by atoms with Crippen molar-refractivity contribution in [2.24, 2.45) is 0 Å². The van der Waals surface area contributed by atoms with Gasteiger partial charge in [-0.1, -0.05) is 71.9 Å². The molecule has 2 aromatic rings. The van der Waals surface area contributed by atoms with Crippen molar-refractivity contribution in [1.82, 2.24) is 0 Å². The predicted octanol–water partition coefficient (Wildman–Crippen LogP) is 5.44. The van der Waals surface area contributed by atoms with Crippen molar-refractivity contribution in [2.45, 2.75) is 58.8 Å². The normalized spacial score (nSPS) is 12.1. The smallest absolute Gasteiger partial charge is 0.174 e.